The number of benzene rings is 1. The fourth-order valence-electron chi connectivity index (χ4n) is 2.33. The summed E-state index contributed by atoms with van der Waals surface area (Å²) in [6, 6.07) is 13.8. The van der Waals surface area contributed by atoms with E-state index in [9.17, 15) is 4.79 Å². The standard InChI is InChI=1S/C16H16N4O2/c1-10(2)11-5-3-6-12(9-11)13-7-4-8-14-17-15(18-16(21)22)19-20(13)14/h3-10H,1-2H3,(H,18,19)(H,21,22). The molecule has 0 fully saturated rings. The van der Waals surface area contributed by atoms with Crippen molar-refractivity contribution >= 4 is 17.7 Å². The molecule has 0 unspecified atom stereocenters. The molecule has 6 heteroatoms. The molecule has 22 heavy (non-hydrogen) atoms. The molecular formula is C16H16N4O2. The molecule has 0 aliphatic heterocycles. The third kappa shape index (κ3) is 2.63. The Balaban J connectivity index is 2.12. The first kappa shape index (κ1) is 14.1. The van der Waals surface area contributed by atoms with E-state index in [-0.39, 0.29) is 5.95 Å². The molecule has 0 saturated heterocycles. The summed E-state index contributed by atoms with van der Waals surface area (Å²) in [6.45, 7) is 4.29. The van der Waals surface area contributed by atoms with Crippen molar-refractivity contribution in [1.82, 2.24) is 14.6 Å². The van der Waals surface area contributed by atoms with E-state index in [0.717, 1.165) is 11.3 Å². The summed E-state index contributed by atoms with van der Waals surface area (Å²) in [5.41, 5.74) is 3.71. The Kier molecular flexibility index (Phi) is 3.50. The molecule has 0 aliphatic rings. The summed E-state index contributed by atoms with van der Waals surface area (Å²) in [5, 5.41) is 15.2. The van der Waals surface area contributed by atoms with Gasteiger partial charge in [-0.25, -0.2) is 9.31 Å². The Labute approximate surface area is 127 Å². The van der Waals surface area contributed by atoms with Crippen molar-refractivity contribution in [3.05, 3.63) is 48.0 Å². The van der Waals surface area contributed by atoms with Crippen molar-refractivity contribution in [2.45, 2.75) is 19.8 Å². The summed E-state index contributed by atoms with van der Waals surface area (Å²) < 4.78 is 1.64. The molecule has 1 amide bonds. The molecule has 0 atom stereocenters. The zero-order valence-electron chi connectivity index (χ0n) is 12.3. The van der Waals surface area contributed by atoms with Crippen LogP contribution in [0.5, 0.6) is 0 Å². The first-order valence-corrected chi connectivity index (χ1v) is 7.00. The number of hydrogen-bond acceptors (Lipinski definition) is 3. The number of anilines is 1. The van der Waals surface area contributed by atoms with Crippen molar-refractivity contribution < 1.29 is 9.90 Å². The monoisotopic (exact) mass is 296 g/mol. The second-order valence-corrected chi connectivity index (χ2v) is 5.33. The summed E-state index contributed by atoms with van der Waals surface area (Å²) >= 11 is 0. The summed E-state index contributed by atoms with van der Waals surface area (Å²) in [6.07, 6.45) is -1.18. The molecule has 0 bridgehead atoms. The first-order valence-electron chi connectivity index (χ1n) is 7.00. The normalized spacial score (nSPS) is 11.0. The van der Waals surface area contributed by atoms with Crippen LogP contribution in [-0.2, 0) is 0 Å². The maximum absolute atomic E-state index is 10.7. The average Bonchev–Trinajstić information content (AvgIpc) is 2.88. The van der Waals surface area contributed by atoms with Crippen LogP contribution in [0.15, 0.2) is 42.5 Å². The van der Waals surface area contributed by atoms with E-state index in [1.165, 1.54) is 5.56 Å². The van der Waals surface area contributed by atoms with Gasteiger partial charge in [0, 0.05) is 5.56 Å². The number of nitrogens with zero attached hydrogens (tertiary/aromatic N) is 3. The highest BCUT2D eigenvalue weighted by Gasteiger charge is 2.11. The van der Waals surface area contributed by atoms with Gasteiger partial charge in [-0.3, -0.25) is 5.32 Å². The third-order valence-corrected chi connectivity index (χ3v) is 3.43. The number of hydrogen-bond donors (Lipinski definition) is 2. The van der Waals surface area contributed by atoms with Crippen molar-refractivity contribution in [2.24, 2.45) is 0 Å². The van der Waals surface area contributed by atoms with E-state index in [1.54, 1.807) is 10.6 Å². The van der Waals surface area contributed by atoms with Crippen LogP contribution < -0.4 is 5.32 Å². The van der Waals surface area contributed by atoms with Crippen LogP contribution in [-0.4, -0.2) is 25.8 Å². The maximum Gasteiger partial charge on any atom is 0.411 e. The van der Waals surface area contributed by atoms with Gasteiger partial charge < -0.3 is 5.11 Å². The number of nitrogens with one attached hydrogen (secondary N) is 1. The zero-order chi connectivity index (χ0) is 15.7. The van der Waals surface area contributed by atoms with Gasteiger partial charge in [0.1, 0.15) is 0 Å². The Morgan fingerprint density at radius 2 is 2.00 bits per heavy atom. The van der Waals surface area contributed by atoms with Crippen LogP contribution in [0.2, 0.25) is 0 Å². The van der Waals surface area contributed by atoms with E-state index in [2.05, 4.69) is 41.4 Å². The van der Waals surface area contributed by atoms with Gasteiger partial charge in [0.05, 0.1) is 5.69 Å². The molecule has 2 N–H and O–H groups in total. The van der Waals surface area contributed by atoms with Gasteiger partial charge in [-0.1, -0.05) is 38.1 Å². The number of pyridine rings is 1. The molecule has 2 aromatic heterocycles. The summed E-state index contributed by atoms with van der Waals surface area (Å²) in [7, 11) is 0. The van der Waals surface area contributed by atoms with Crippen molar-refractivity contribution in [3.63, 3.8) is 0 Å². The fourth-order valence-corrected chi connectivity index (χ4v) is 2.33. The Morgan fingerprint density at radius 3 is 2.73 bits per heavy atom. The van der Waals surface area contributed by atoms with Gasteiger partial charge in [-0.2, -0.15) is 4.98 Å². The van der Waals surface area contributed by atoms with Crippen LogP contribution >= 0.6 is 0 Å². The van der Waals surface area contributed by atoms with E-state index in [0.29, 0.717) is 11.6 Å². The van der Waals surface area contributed by atoms with Crippen LogP contribution in [0.3, 0.4) is 0 Å². The molecule has 0 aliphatic carbocycles. The number of carboxylic acid groups (broad SMARTS) is 1. The number of carbonyl (C=O) groups is 1. The SMILES string of the molecule is CC(C)c1cccc(-c2cccc3nc(NC(=O)O)nn23)c1. The van der Waals surface area contributed by atoms with Gasteiger partial charge in [0.2, 0.25) is 0 Å². The van der Waals surface area contributed by atoms with Gasteiger partial charge in [0.25, 0.3) is 5.95 Å². The lowest BCUT2D eigenvalue weighted by Crippen LogP contribution is -2.08. The second-order valence-electron chi connectivity index (χ2n) is 5.33. The number of amides is 1. The highest BCUT2D eigenvalue weighted by Crippen LogP contribution is 2.24. The lowest BCUT2D eigenvalue weighted by molar-refractivity contribution is 0.209. The molecule has 3 aromatic rings. The van der Waals surface area contributed by atoms with Gasteiger partial charge in [0.15, 0.2) is 5.65 Å². The van der Waals surface area contributed by atoms with Crippen molar-refractivity contribution in [1.29, 1.82) is 0 Å². The second kappa shape index (κ2) is 5.48. The Hall–Kier alpha value is -2.89. The number of fused-ring (bicyclic) bond motifs is 1. The van der Waals surface area contributed by atoms with E-state index in [1.807, 2.05) is 24.3 Å². The molecule has 1 aromatic carbocycles. The predicted octanol–water partition coefficient (Wildman–Crippen LogP) is 3.61. The molecule has 6 nitrogen and oxygen atoms in total. The van der Waals surface area contributed by atoms with Gasteiger partial charge in [-0.15, -0.1) is 5.10 Å². The Morgan fingerprint density at radius 1 is 1.23 bits per heavy atom. The first-order chi connectivity index (χ1) is 10.5. The topological polar surface area (TPSA) is 79.5 Å². The average molecular weight is 296 g/mol. The molecular weight excluding hydrogens is 280 g/mol. The quantitative estimate of drug-likeness (QED) is 0.773. The van der Waals surface area contributed by atoms with Crippen LogP contribution in [0.1, 0.15) is 25.3 Å². The molecule has 112 valence electrons. The molecule has 2 heterocycles. The van der Waals surface area contributed by atoms with E-state index in [4.69, 9.17) is 5.11 Å². The summed E-state index contributed by atoms with van der Waals surface area (Å²) in [5.74, 6) is 0.499. The van der Waals surface area contributed by atoms with Crippen LogP contribution in [0.25, 0.3) is 16.9 Å². The predicted molar refractivity (Wildman–Crippen MR) is 84.2 cm³/mol. The van der Waals surface area contributed by atoms with Gasteiger partial charge >= 0.3 is 6.09 Å². The van der Waals surface area contributed by atoms with E-state index >= 15 is 0 Å². The third-order valence-electron chi connectivity index (χ3n) is 3.43. The summed E-state index contributed by atoms with van der Waals surface area (Å²) in [4.78, 5) is 14.9. The van der Waals surface area contributed by atoms with Crippen LogP contribution in [0, 0.1) is 0 Å². The number of rotatable bonds is 3. The fraction of sp³-hybridized carbons (Fsp3) is 0.188. The van der Waals surface area contributed by atoms with E-state index < -0.39 is 6.09 Å². The van der Waals surface area contributed by atoms with Crippen molar-refractivity contribution in [3.8, 4) is 11.3 Å². The molecule has 3 rings (SSSR count). The van der Waals surface area contributed by atoms with Gasteiger partial charge in [-0.05, 0) is 29.7 Å². The minimum Gasteiger partial charge on any atom is -0.465 e. The maximum atomic E-state index is 10.7. The lowest BCUT2D eigenvalue weighted by Gasteiger charge is -2.09. The molecule has 0 saturated carbocycles. The molecule has 0 spiro atoms. The zero-order valence-corrected chi connectivity index (χ0v) is 12.3. The highest BCUT2D eigenvalue weighted by atomic mass is 16.4. The Bertz CT molecular complexity index is 839. The lowest BCUT2D eigenvalue weighted by atomic mass is 9.99. The van der Waals surface area contributed by atoms with Crippen molar-refractivity contribution in [2.75, 3.05) is 5.32 Å². The highest BCUT2D eigenvalue weighted by molar-refractivity contribution is 5.80. The smallest absolute Gasteiger partial charge is 0.411 e. The largest absolute Gasteiger partial charge is 0.465 e. The molecule has 0 radical (unpaired) electrons. The minimum atomic E-state index is -1.18. The van der Waals surface area contributed by atoms with Crippen LogP contribution in [0.4, 0.5) is 10.7 Å². The minimum absolute atomic E-state index is 0.0694. The number of aromatic nitrogens is 3.